The van der Waals surface area contributed by atoms with Crippen molar-refractivity contribution in [2.24, 2.45) is 0 Å². The van der Waals surface area contributed by atoms with Crippen LogP contribution < -0.4 is 0 Å². The molecule has 3 rings (SSSR count). The Bertz CT molecular complexity index is 544. The topological polar surface area (TPSA) is 47.3 Å². The summed E-state index contributed by atoms with van der Waals surface area (Å²) in [7, 11) is 0. The molecule has 1 N–H and O–H groups in total. The highest BCUT2D eigenvalue weighted by molar-refractivity contribution is 5.80. The number of hydrogen-bond acceptors (Lipinski definition) is 3. The van der Waals surface area contributed by atoms with Crippen molar-refractivity contribution in [1.82, 2.24) is 9.55 Å². The van der Waals surface area contributed by atoms with Gasteiger partial charge < -0.3 is 14.4 Å². The first-order valence-corrected chi connectivity index (χ1v) is 7.03. The Hall–Kier alpha value is -1.39. The van der Waals surface area contributed by atoms with Crippen molar-refractivity contribution in [2.45, 2.75) is 44.9 Å². The van der Waals surface area contributed by atoms with Crippen molar-refractivity contribution in [1.29, 1.82) is 0 Å². The van der Waals surface area contributed by atoms with Gasteiger partial charge in [-0.25, -0.2) is 4.98 Å². The van der Waals surface area contributed by atoms with E-state index >= 15 is 0 Å². The van der Waals surface area contributed by atoms with Gasteiger partial charge in [-0.2, -0.15) is 0 Å². The molecule has 2 aromatic rings. The molecular weight excluding hydrogens is 240 g/mol. The van der Waals surface area contributed by atoms with Gasteiger partial charge in [0.2, 0.25) is 0 Å². The molecule has 0 spiro atoms. The third-order valence-corrected chi connectivity index (χ3v) is 3.84. The minimum absolute atomic E-state index is 0.0704. The lowest BCUT2D eigenvalue weighted by Crippen LogP contribution is -2.07. The summed E-state index contributed by atoms with van der Waals surface area (Å²) in [5, 5.41) is 10.4. The number of rotatable bonds is 5. The summed E-state index contributed by atoms with van der Waals surface area (Å²) in [6, 6.07) is 3.93. The molecule has 4 nitrogen and oxygen atoms in total. The fourth-order valence-electron chi connectivity index (χ4n) is 2.85. The van der Waals surface area contributed by atoms with Crippen molar-refractivity contribution in [3.8, 4) is 0 Å². The number of ether oxygens (including phenoxy) is 1. The van der Waals surface area contributed by atoms with Gasteiger partial charge in [-0.15, -0.1) is 0 Å². The fraction of sp³-hybridized carbons (Fsp3) is 0.533. The van der Waals surface area contributed by atoms with Gasteiger partial charge in [-0.3, -0.25) is 0 Å². The fourth-order valence-corrected chi connectivity index (χ4v) is 2.85. The van der Waals surface area contributed by atoms with Crippen molar-refractivity contribution in [3.05, 3.63) is 30.1 Å². The maximum Gasteiger partial charge on any atom is 0.140 e. The van der Waals surface area contributed by atoms with Crippen LogP contribution in [0.3, 0.4) is 0 Å². The summed E-state index contributed by atoms with van der Waals surface area (Å²) >= 11 is 0. The SMILES string of the molecule is OCc1cn(CCCC2CCCO2)c2ncccc12. The summed E-state index contributed by atoms with van der Waals surface area (Å²) in [6.07, 6.45) is 8.89. The second kappa shape index (κ2) is 5.72. The van der Waals surface area contributed by atoms with Crippen molar-refractivity contribution in [3.63, 3.8) is 0 Å². The highest BCUT2D eigenvalue weighted by Gasteiger charge is 2.15. The van der Waals surface area contributed by atoms with Crippen molar-refractivity contribution in [2.75, 3.05) is 6.61 Å². The van der Waals surface area contributed by atoms with E-state index in [1.54, 1.807) is 6.20 Å². The van der Waals surface area contributed by atoms with E-state index in [9.17, 15) is 5.11 Å². The normalized spacial score (nSPS) is 19.3. The maximum atomic E-state index is 9.39. The highest BCUT2D eigenvalue weighted by Crippen LogP contribution is 2.21. The van der Waals surface area contributed by atoms with E-state index in [1.807, 2.05) is 18.3 Å². The molecule has 1 aliphatic rings. The second-order valence-corrected chi connectivity index (χ2v) is 5.16. The number of fused-ring (bicyclic) bond motifs is 1. The molecule has 0 aromatic carbocycles. The average molecular weight is 260 g/mol. The Labute approximate surface area is 113 Å². The summed E-state index contributed by atoms with van der Waals surface area (Å²) in [6.45, 7) is 1.93. The molecule has 1 saturated heterocycles. The zero-order chi connectivity index (χ0) is 13.1. The predicted molar refractivity (Wildman–Crippen MR) is 73.9 cm³/mol. The average Bonchev–Trinajstić information content (AvgIpc) is 3.07. The summed E-state index contributed by atoms with van der Waals surface area (Å²) in [4.78, 5) is 4.42. The van der Waals surface area contributed by atoms with E-state index in [-0.39, 0.29) is 6.61 Å². The van der Waals surface area contributed by atoms with Gasteiger partial charge in [0.1, 0.15) is 5.65 Å². The third-order valence-electron chi connectivity index (χ3n) is 3.84. The summed E-state index contributed by atoms with van der Waals surface area (Å²) < 4.78 is 7.79. The number of aliphatic hydroxyl groups is 1. The highest BCUT2D eigenvalue weighted by atomic mass is 16.5. The van der Waals surface area contributed by atoms with Gasteiger partial charge >= 0.3 is 0 Å². The van der Waals surface area contributed by atoms with E-state index in [4.69, 9.17) is 4.74 Å². The molecule has 4 heteroatoms. The van der Waals surface area contributed by atoms with Crippen LogP contribution in [0.5, 0.6) is 0 Å². The van der Waals surface area contributed by atoms with Crippen LogP contribution >= 0.6 is 0 Å². The third kappa shape index (κ3) is 2.65. The number of aliphatic hydroxyl groups excluding tert-OH is 1. The molecule has 102 valence electrons. The van der Waals surface area contributed by atoms with Crippen LogP contribution in [-0.2, 0) is 17.9 Å². The van der Waals surface area contributed by atoms with Gasteiger partial charge in [0, 0.05) is 36.5 Å². The Morgan fingerprint density at radius 2 is 2.42 bits per heavy atom. The van der Waals surface area contributed by atoms with E-state index in [2.05, 4.69) is 9.55 Å². The van der Waals surface area contributed by atoms with Crippen LogP contribution in [0.4, 0.5) is 0 Å². The largest absolute Gasteiger partial charge is 0.392 e. The Morgan fingerprint density at radius 3 is 3.21 bits per heavy atom. The monoisotopic (exact) mass is 260 g/mol. The van der Waals surface area contributed by atoms with Crippen LogP contribution in [0, 0.1) is 0 Å². The van der Waals surface area contributed by atoms with Crippen LogP contribution in [-0.4, -0.2) is 27.4 Å². The summed E-state index contributed by atoms with van der Waals surface area (Å²) in [5.41, 5.74) is 1.93. The molecule has 3 heterocycles. The number of pyridine rings is 1. The molecule has 1 fully saturated rings. The van der Waals surface area contributed by atoms with Crippen LogP contribution in [0.15, 0.2) is 24.5 Å². The molecule has 2 aromatic heterocycles. The first kappa shape index (κ1) is 12.6. The van der Waals surface area contributed by atoms with Gasteiger partial charge in [-0.1, -0.05) is 0 Å². The van der Waals surface area contributed by atoms with Crippen molar-refractivity contribution >= 4 is 11.0 Å². The molecule has 0 bridgehead atoms. The van der Waals surface area contributed by atoms with Gasteiger partial charge in [0.15, 0.2) is 0 Å². The minimum Gasteiger partial charge on any atom is -0.392 e. The molecular formula is C15H20N2O2. The van der Waals surface area contributed by atoms with E-state index in [1.165, 1.54) is 12.8 Å². The first-order chi connectivity index (χ1) is 9.38. The zero-order valence-electron chi connectivity index (χ0n) is 11.1. The van der Waals surface area contributed by atoms with E-state index in [0.29, 0.717) is 6.10 Å². The van der Waals surface area contributed by atoms with Crippen LogP contribution in [0.25, 0.3) is 11.0 Å². The second-order valence-electron chi connectivity index (χ2n) is 5.16. The molecule has 19 heavy (non-hydrogen) atoms. The number of hydrogen-bond donors (Lipinski definition) is 1. The number of aromatic nitrogens is 2. The van der Waals surface area contributed by atoms with Gasteiger partial charge in [-0.05, 0) is 37.8 Å². The van der Waals surface area contributed by atoms with E-state index < -0.39 is 0 Å². The van der Waals surface area contributed by atoms with Crippen molar-refractivity contribution < 1.29 is 9.84 Å². The molecule has 0 radical (unpaired) electrons. The van der Waals surface area contributed by atoms with E-state index in [0.717, 1.165) is 42.6 Å². The zero-order valence-corrected chi connectivity index (χ0v) is 11.1. The Morgan fingerprint density at radius 1 is 1.47 bits per heavy atom. The molecule has 1 aliphatic heterocycles. The maximum absolute atomic E-state index is 9.39. The lowest BCUT2D eigenvalue weighted by Gasteiger charge is -2.09. The number of aryl methyl sites for hydroxylation is 1. The van der Waals surface area contributed by atoms with Crippen LogP contribution in [0.2, 0.25) is 0 Å². The number of nitrogens with zero attached hydrogens (tertiary/aromatic N) is 2. The standard InChI is InChI=1S/C15H20N2O2/c18-11-12-10-17(15-14(12)6-1-7-16-15)8-2-4-13-5-3-9-19-13/h1,6-7,10,13,18H,2-5,8-9,11H2. The van der Waals surface area contributed by atoms with Gasteiger partial charge in [0.25, 0.3) is 0 Å². The van der Waals surface area contributed by atoms with Crippen LogP contribution in [0.1, 0.15) is 31.2 Å². The molecule has 0 amide bonds. The molecule has 1 unspecified atom stereocenters. The Kier molecular flexibility index (Phi) is 3.80. The lowest BCUT2D eigenvalue weighted by atomic mass is 10.1. The molecule has 1 atom stereocenters. The molecule has 0 aliphatic carbocycles. The minimum atomic E-state index is 0.0704. The molecule has 0 saturated carbocycles. The smallest absolute Gasteiger partial charge is 0.140 e. The quantitative estimate of drug-likeness (QED) is 0.898. The Balaban J connectivity index is 1.69. The summed E-state index contributed by atoms with van der Waals surface area (Å²) in [5.74, 6) is 0. The van der Waals surface area contributed by atoms with Gasteiger partial charge in [0.05, 0.1) is 12.7 Å². The predicted octanol–water partition coefficient (Wildman–Crippen LogP) is 2.49. The first-order valence-electron chi connectivity index (χ1n) is 7.03. The lowest BCUT2D eigenvalue weighted by molar-refractivity contribution is 0.101.